The quantitative estimate of drug-likeness (QED) is 0.358. The average molecular weight is 269 g/mol. The molecule has 1 aromatic rings. The molecule has 1 aliphatic heterocycles. The van der Waals surface area contributed by atoms with Crippen molar-refractivity contribution in [3.63, 3.8) is 0 Å². The van der Waals surface area contributed by atoms with Crippen LogP contribution in [-0.4, -0.2) is 38.2 Å². The number of H-pyrrole nitrogens is 1. The molecule has 3 N–H and O–H groups in total. The summed E-state index contributed by atoms with van der Waals surface area (Å²) in [7, 11) is 0. The number of hydrogen-bond acceptors (Lipinski definition) is 6. The van der Waals surface area contributed by atoms with E-state index in [1.807, 2.05) is 4.98 Å². The first kappa shape index (κ1) is 13.3. The molecule has 2 heterocycles. The Morgan fingerprint density at radius 1 is 1.68 bits per heavy atom. The second-order valence-electron chi connectivity index (χ2n) is 4.03. The first-order valence-corrected chi connectivity index (χ1v) is 5.37. The summed E-state index contributed by atoms with van der Waals surface area (Å²) in [5, 5.41) is 22.3. The third-order valence-electron chi connectivity index (χ3n) is 2.89. The molecular formula is C9H11N5O5. The van der Waals surface area contributed by atoms with Crippen LogP contribution in [-0.2, 0) is 4.74 Å². The lowest BCUT2D eigenvalue weighted by Crippen LogP contribution is -2.41. The summed E-state index contributed by atoms with van der Waals surface area (Å²) in [6, 6.07) is 1.11. The van der Waals surface area contributed by atoms with E-state index < -0.39 is 35.9 Å². The fourth-order valence-electron chi connectivity index (χ4n) is 1.90. The van der Waals surface area contributed by atoms with Crippen molar-refractivity contribution in [3.05, 3.63) is 43.5 Å². The van der Waals surface area contributed by atoms with Gasteiger partial charge in [-0.3, -0.25) is 14.3 Å². The van der Waals surface area contributed by atoms with E-state index in [9.17, 15) is 19.8 Å². The second-order valence-corrected chi connectivity index (χ2v) is 4.03. The van der Waals surface area contributed by atoms with Crippen LogP contribution in [0.25, 0.3) is 10.4 Å². The summed E-state index contributed by atoms with van der Waals surface area (Å²) >= 11 is 0. The van der Waals surface area contributed by atoms with Crippen LogP contribution in [0.1, 0.15) is 12.6 Å². The van der Waals surface area contributed by atoms with Gasteiger partial charge in [0.05, 0.1) is 12.7 Å². The van der Waals surface area contributed by atoms with Crippen LogP contribution >= 0.6 is 0 Å². The van der Waals surface area contributed by atoms with Crippen molar-refractivity contribution in [1.29, 1.82) is 0 Å². The highest BCUT2D eigenvalue weighted by Crippen LogP contribution is 2.36. The largest absolute Gasteiger partial charge is 0.393 e. The van der Waals surface area contributed by atoms with Gasteiger partial charge >= 0.3 is 5.69 Å². The predicted molar refractivity (Wildman–Crippen MR) is 61.0 cm³/mol. The van der Waals surface area contributed by atoms with Gasteiger partial charge in [-0.25, -0.2) is 4.79 Å². The lowest BCUT2D eigenvalue weighted by molar-refractivity contribution is -0.124. The van der Waals surface area contributed by atoms with E-state index in [1.54, 1.807) is 0 Å². The van der Waals surface area contributed by atoms with Gasteiger partial charge in [0.2, 0.25) is 0 Å². The molecule has 102 valence electrons. The van der Waals surface area contributed by atoms with Gasteiger partial charge < -0.3 is 14.9 Å². The van der Waals surface area contributed by atoms with Crippen LogP contribution in [0.3, 0.4) is 0 Å². The topological polar surface area (TPSA) is 153 Å². The molecule has 19 heavy (non-hydrogen) atoms. The maximum atomic E-state index is 11.6. The molecule has 0 amide bonds. The maximum Gasteiger partial charge on any atom is 0.330 e. The lowest BCUT2D eigenvalue weighted by atomic mass is 10.1. The van der Waals surface area contributed by atoms with E-state index in [2.05, 4.69) is 10.0 Å². The SMILES string of the molecule is [N-]=[N+]=NC1(CO)O[C@@H](n2ccc(=O)[nH]c2=O)C[C@@H]1O. The highest BCUT2D eigenvalue weighted by Gasteiger charge is 2.48. The van der Waals surface area contributed by atoms with E-state index in [0.29, 0.717) is 0 Å². The standard InChI is InChI=1S/C9H11N5O5/c10-13-12-9(4-15)5(16)3-7(19-9)14-2-1-6(17)11-8(14)18/h1-2,5,7,15-16H,3-4H2,(H,11,17,18)/t5-,7+,9?/m0/s1. The molecule has 1 fully saturated rings. The summed E-state index contributed by atoms with van der Waals surface area (Å²) < 4.78 is 6.31. The molecule has 0 spiro atoms. The molecule has 0 aromatic carbocycles. The molecule has 2 rings (SSSR count). The highest BCUT2D eigenvalue weighted by atomic mass is 16.6. The normalized spacial score (nSPS) is 30.0. The van der Waals surface area contributed by atoms with Crippen LogP contribution in [0.15, 0.2) is 27.0 Å². The van der Waals surface area contributed by atoms with Crippen molar-refractivity contribution in [2.24, 2.45) is 5.11 Å². The van der Waals surface area contributed by atoms with Crippen molar-refractivity contribution in [2.75, 3.05) is 6.61 Å². The minimum atomic E-state index is -1.82. The molecule has 0 aliphatic carbocycles. The molecule has 10 heteroatoms. The highest BCUT2D eigenvalue weighted by molar-refractivity contribution is 4.95. The summed E-state index contributed by atoms with van der Waals surface area (Å²) in [5.41, 5.74) is 5.32. The number of aromatic nitrogens is 2. The van der Waals surface area contributed by atoms with Crippen molar-refractivity contribution >= 4 is 0 Å². The molecule has 1 aliphatic rings. The Morgan fingerprint density at radius 2 is 2.42 bits per heavy atom. The number of nitrogens with zero attached hydrogens (tertiary/aromatic N) is 4. The smallest absolute Gasteiger partial charge is 0.330 e. The Morgan fingerprint density at radius 3 is 3.00 bits per heavy atom. The van der Waals surface area contributed by atoms with Gasteiger partial charge in [0.1, 0.15) is 6.23 Å². The van der Waals surface area contributed by atoms with Gasteiger partial charge in [-0.1, -0.05) is 5.11 Å². The number of aromatic amines is 1. The number of rotatable bonds is 3. The Hall–Kier alpha value is -2.13. The van der Waals surface area contributed by atoms with Crippen LogP contribution in [0.4, 0.5) is 0 Å². The summed E-state index contributed by atoms with van der Waals surface area (Å²) in [5.74, 6) is 0. The van der Waals surface area contributed by atoms with Crippen molar-refractivity contribution in [3.8, 4) is 0 Å². The number of nitrogens with one attached hydrogen (secondary N) is 1. The zero-order valence-electron chi connectivity index (χ0n) is 9.63. The molecule has 1 saturated heterocycles. The second kappa shape index (κ2) is 4.86. The molecular weight excluding hydrogens is 258 g/mol. The van der Waals surface area contributed by atoms with E-state index in [1.165, 1.54) is 6.20 Å². The third kappa shape index (κ3) is 2.25. The predicted octanol–water partition coefficient (Wildman–Crippen LogP) is -1.18. The fourth-order valence-corrected chi connectivity index (χ4v) is 1.90. The van der Waals surface area contributed by atoms with E-state index in [4.69, 9.17) is 10.3 Å². The fraction of sp³-hybridized carbons (Fsp3) is 0.556. The van der Waals surface area contributed by atoms with Gasteiger partial charge in [0.25, 0.3) is 5.56 Å². The first-order chi connectivity index (χ1) is 9.02. The van der Waals surface area contributed by atoms with Crippen LogP contribution in [0, 0.1) is 0 Å². The number of hydrogen-bond donors (Lipinski definition) is 3. The van der Waals surface area contributed by atoms with Gasteiger partial charge in [-0.15, -0.1) is 0 Å². The Kier molecular flexibility index (Phi) is 3.40. The first-order valence-electron chi connectivity index (χ1n) is 5.37. The van der Waals surface area contributed by atoms with Crippen LogP contribution < -0.4 is 11.2 Å². The Labute approximate surface area is 105 Å². The number of aliphatic hydroxyl groups excluding tert-OH is 2. The lowest BCUT2D eigenvalue weighted by Gasteiger charge is -2.24. The average Bonchev–Trinajstić information content (AvgIpc) is 2.67. The minimum Gasteiger partial charge on any atom is -0.393 e. The molecule has 1 aromatic heterocycles. The molecule has 10 nitrogen and oxygen atoms in total. The Balaban J connectivity index is 2.37. The zero-order valence-corrected chi connectivity index (χ0v) is 9.63. The van der Waals surface area contributed by atoms with Gasteiger partial charge in [0.15, 0.2) is 5.72 Å². The monoisotopic (exact) mass is 269 g/mol. The summed E-state index contributed by atoms with van der Waals surface area (Å²) in [6.07, 6.45) is -1.08. The van der Waals surface area contributed by atoms with Crippen molar-refractivity contribution in [2.45, 2.75) is 24.5 Å². The van der Waals surface area contributed by atoms with Crippen molar-refractivity contribution in [1.82, 2.24) is 9.55 Å². The van der Waals surface area contributed by atoms with E-state index in [-0.39, 0.29) is 6.42 Å². The number of azide groups is 1. The van der Waals surface area contributed by atoms with Gasteiger partial charge in [-0.2, -0.15) is 0 Å². The Bertz CT molecular complexity index is 632. The summed E-state index contributed by atoms with van der Waals surface area (Å²) in [4.78, 5) is 27.1. The third-order valence-corrected chi connectivity index (χ3v) is 2.89. The zero-order chi connectivity index (χ0) is 14.0. The van der Waals surface area contributed by atoms with Crippen LogP contribution in [0.5, 0.6) is 0 Å². The number of aliphatic hydroxyl groups is 2. The van der Waals surface area contributed by atoms with Crippen LogP contribution in [0.2, 0.25) is 0 Å². The van der Waals surface area contributed by atoms with Gasteiger partial charge in [0, 0.05) is 23.6 Å². The molecule has 0 radical (unpaired) electrons. The van der Waals surface area contributed by atoms with Crippen molar-refractivity contribution < 1.29 is 14.9 Å². The molecule has 0 saturated carbocycles. The summed E-state index contributed by atoms with van der Waals surface area (Å²) in [6.45, 7) is -0.729. The molecule has 0 bridgehead atoms. The number of ether oxygens (including phenoxy) is 1. The van der Waals surface area contributed by atoms with E-state index in [0.717, 1.165) is 10.6 Å². The maximum absolute atomic E-state index is 11.6. The minimum absolute atomic E-state index is 0.0640. The molecule has 1 unspecified atom stereocenters. The van der Waals surface area contributed by atoms with Gasteiger partial charge in [-0.05, 0) is 5.53 Å². The van der Waals surface area contributed by atoms with E-state index >= 15 is 0 Å². The molecule has 3 atom stereocenters.